The molecule has 1 fully saturated rings. The van der Waals surface area contributed by atoms with E-state index >= 15 is 0 Å². The molecule has 2 N–H and O–H groups in total. The predicted molar refractivity (Wildman–Crippen MR) is 114 cm³/mol. The first-order valence-corrected chi connectivity index (χ1v) is 11.3. The molecule has 9 heteroatoms. The third kappa shape index (κ3) is 5.38. The van der Waals surface area contributed by atoms with E-state index in [4.69, 9.17) is 0 Å². The van der Waals surface area contributed by atoms with Crippen molar-refractivity contribution in [1.82, 2.24) is 25.4 Å². The summed E-state index contributed by atoms with van der Waals surface area (Å²) in [5, 5.41) is 14.6. The van der Waals surface area contributed by atoms with Crippen LogP contribution >= 0.6 is 11.8 Å². The Balaban J connectivity index is 1.63. The number of thioether (sulfide) groups is 1. The maximum Gasteiger partial charge on any atom is 0.254 e. The molecular weight excluding hydrogens is 405 g/mol. The minimum absolute atomic E-state index is 0.00991. The SMILES string of the molecule is CCC(Sc1nnc(CNC(=O)c2ccccc2F)n1CC)C(=O)NC1CCCC1. The highest BCUT2D eigenvalue weighted by atomic mass is 32.2. The Morgan fingerprint density at radius 3 is 2.63 bits per heavy atom. The van der Waals surface area contributed by atoms with Gasteiger partial charge < -0.3 is 15.2 Å². The zero-order valence-corrected chi connectivity index (χ0v) is 18.2. The molecule has 1 aliphatic carbocycles. The summed E-state index contributed by atoms with van der Waals surface area (Å²) >= 11 is 1.39. The average molecular weight is 434 g/mol. The van der Waals surface area contributed by atoms with Gasteiger partial charge in [0.2, 0.25) is 5.91 Å². The number of amides is 2. The molecule has 1 aromatic carbocycles. The van der Waals surface area contributed by atoms with Gasteiger partial charge in [0.15, 0.2) is 11.0 Å². The lowest BCUT2D eigenvalue weighted by Gasteiger charge is -2.18. The normalized spacial score (nSPS) is 15.2. The third-order valence-corrected chi connectivity index (χ3v) is 6.59. The molecule has 0 saturated heterocycles. The first-order valence-electron chi connectivity index (χ1n) is 10.4. The molecule has 0 aliphatic heterocycles. The first-order chi connectivity index (χ1) is 14.5. The fraction of sp³-hybridized carbons (Fsp3) is 0.524. The van der Waals surface area contributed by atoms with E-state index in [1.54, 1.807) is 6.07 Å². The van der Waals surface area contributed by atoms with E-state index < -0.39 is 11.7 Å². The Morgan fingerprint density at radius 1 is 1.23 bits per heavy atom. The van der Waals surface area contributed by atoms with Crippen LogP contribution in [-0.2, 0) is 17.9 Å². The monoisotopic (exact) mass is 433 g/mol. The number of nitrogens with one attached hydrogen (secondary N) is 2. The van der Waals surface area contributed by atoms with Crippen LogP contribution in [0, 0.1) is 5.82 Å². The molecule has 0 radical (unpaired) electrons. The summed E-state index contributed by atoms with van der Waals surface area (Å²) in [6, 6.07) is 6.12. The van der Waals surface area contributed by atoms with Gasteiger partial charge >= 0.3 is 0 Å². The summed E-state index contributed by atoms with van der Waals surface area (Å²) < 4.78 is 15.7. The molecule has 7 nitrogen and oxygen atoms in total. The molecule has 1 aliphatic rings. The van der Waals surface area contributed by atoms with E-state index in [9.17, 15) is 14.0 Å². The van der Waals surface area contributed by atoms with Crippen molar-refractivity contribution in [1.29, 1.82) is 0 Å². The highest BCUT2D eigenvalue weighted by Gasteiger charge is 2.25. The summed E-state index contributed by atoms with van der Waals surface area (Å²) in [7, 11) is 0. The van der Waals surface area contributed by atoms with Gasteiger partial charge in [-0.3, -0.25) is 9.59 Å². The van der Waals surface area contributed by atoms with Crippen molar-refractivity contribution >= 4 is 23.6 Å². The molecule has 1 unspecified atom stereocenters. The van der Waals surface area contributed by atoms with Crippen molar-refractivity contribution in [2.75, 3.05) is 0 Å². The van der Waals surface area contributed by atoms with Crippen LogP contribution < -0.4 is 10.6 Å². The van der Waals surface area contributed by atoms with Crippen molar-refractivity contribution in [3.63, 3.8) is 0 Å². The fourth-order valence-corrected chi connectivity index (χ4v) is 4.61. The van der Waals surface area contributed by atoms with Crippen LogP contribution in [0.1, 0.15) is 62.1 Å². The molecule has 30 heavy (non-hydrogen) atoms. The molecule has 1 saturated carbocycles. The highest BCUT2D eigenvalue weighted by molar-refractivity contribution is 8.00. The third-order valence-electron chi connectivity index (χ3n) is 5.25. The van der Waals surface area contributed by atoms with Crippen LogP contribution in [0.3, 0.4) is 0 Å². The van der Waals surface area contributed by atoms with Gasteiger partial charge in [-0.1, -0.05) is 43.7 Å². The molecule has 0 spiro atoms. The Kier molecular flexibility index (Phi) is 7.84. The lowest BCUT2D eigenvalue weighted by molar-refractivity contribution is -0.121. The maximum absolute atomic E-state index is 13.8. The smallest absolute Gasteiger partial charge is 0.254 e. The van der Waals surface area contributed by atoms with Crippen LogP contribution in [-0.4, -0.2) is 37.9 Å². The Bertz CT molecular complexity index is 882. The van der Waals surface area contributed by atoms with Gasteiger partial charge in [0.05, 0.1) is 17.4 Å². The van der Waals surface area contributed by atoms with Crippen molar-refractivity contribution < 1.29 is 14.0 Å². The van der Waals surface area contributed by atoms with Gasteiger partial charge in [-0.2, -0.15) is 0 Å². The summed E-state index contributed by atoms with van der Waals surface area (Å²) in [6.07, 6.45) is 5.11. The Labute approximate surface area is 180 Å². The van der Waals surface area contributed by atoms with Gasteiger partial charge in [-0.25, -0.2) is 4.39 Å². The van der Waals surface area contributed by atoms with E-state index in [1.165, 1.54) is 42.8 Å². The molecule has 162 valence electrons. The van der Waals surface area contributed by atoms with E-state index in [0.29, 0.717) is 23.9 Å². The van der Waals surface area contributed by atoms with E-state index in [-0.39, 0.29) is 29.3 Å². The summed E-state index contributed by atoms with van der Waals surface area (Å²) in [4.78, 5) is 24.9. The van der Waals surface area contributed by atoms with Gasteiger partial charge in [-0.05, 0) is 38.3 Å². The van der Waals surface area contributed by atoms with Crippen molar-refractivity contribution in [3.05, 3.63) is 41.5 Å². The topological polar surface area (TPSA) is 88.9 Å². The van der Waals surface area contributed by atoms with Gasteiger partial charge in [-0.15, -0.1) is 10.2 Å². The van der Waals surface area contributed by atoms with Gasteiger partial charge in [0, 0.05) is 12.6 Å². The zero-order valence-electron chi connectivity index (χ0n) is 17.4. The largest absolute Gasteiger partial charge is 0.352 e. The van der Waals surface area contributed by atoms with E-state index in [0.717, 1.165) is 12.8 Å². The highest BCUT2D eigenvalue weighted by Crippen LogP contribution is 2.26. The molecule has 3 rings (SSSR count). The van der Waals surface area contributed by atoms with Crippen LogP contribution in [0.25, 0.3) is 0 Å². The number of halogens is 1. The number of carbonyl (C=O) groups is 2. The lowest BCUT2D eigenvalue weighted by Crippen LogP contribution is -2.38. The number of carbonyl (C=O) groups excluding carboxylic acids is 2. The van der Waals surface area contributed by atoms with Gasteiger partial charge in [0.1, 0.15) is 5.82 Å². The summed E-state index contributed by atoms with van der Waals surface area (Å²) in [5.41, 5.74) is -0.00991. The predicted octanol–water partition coefficient (Wildman–Crippen LogP) is 3.30. The Morgan fingerprint density at radius 2 is 1.97 bits per heavy atom. The second-order valence-electron chi connectivity index (χ2n) is 7.31. The lowest BCUT2D eigenvalue weighted by atomic mass is 10.2. The number of benzene rings is 1. The number of rotatable bonds is 9. The fourth-order valence-electron chi connectivity index (χ4n) is 3.57. The summed E-state index contributed by atoms with van der Waals surface area (Å²) in [5.74, 6) is -0.470. The standard InChI is InChI=1S/C21H28FN5O2S/c1-3-17(20(29)24-14-9-5-6-10-14)30-21-26-25-18(27(21)4-2)13-23-19(28)15-11-7-8-12-16(15)22/h7-8,11-12,14,17H,3-6,9-10,13H2,1-2H3,(H,23,28)(H,24,29). The first kappa shape index (κ1) is 22.3. The molecule has 0 bridgehead atoms. The molecule has 2 aromatic rings. The van der Waals surface area contributed by atoms with Gasteiger partial charge in [0.25, 0.3) is 5.91 Å². The van der Waals surface area contributed by atoms with Crippen LogP contribution in [0.4, 0.5) is 4.39 Å². The van der Waals surface area contributed by atoms with Crippen LogP contribution in [0.15, 0.2) is 29.4 Å². The molecule has 1 heterocycles. The minimum Gasteiger partial charge on any atom is -0.352 e. The average Bonchev–Trinajstić information content (AvgIpc) is 3.39. The minimum atomic E-state index is -0.567. The van der Waals surface area contributed by atoms with Crippen molar-refractivity contribution in [2.45, 2.75) is 75.5 Å². The number of hydrogen-bond acceptors (Lipinski definition) is 5. The quantitative estimate of drug-likeness (QED) is 0.593. The number of hydrogen-bond donors (Lipinski definition) is 2. The van der Waals surface area contributed by atoms with Crippen LogP contribution in [0.2, 0.25) is 0 Å². The second kappa shape index (κ2) is 10.6. The molecular formula is C21H28FN5O2S. The van der Waals surface area contributed by atoms with Crippen molar-refractivity contribution in [2.24, 2.45) is 0 Å². The van der Waals surface area contributed by atoms with E-state index in [1.807, 2.05) is 18.4 Å². The van der Waals surface area contributed by atoms with Crippen LogP contribution in [0.5, 0.6) is 0 Å². The number of nitrogens with zero attached hydrogens (tertiary/aromatic N) is 3. The molecule has 2 amide bonds. The maximum atomic E-state index is 13.8. The molecule has 1 atom stereocenters. The van der Waals surface area contributed by atoms with E-state index in [2.05, 4.69) is 20.8 Å². The molecule has 1 aromatic heterocycles. The summed E-state index contributed by atoms with van der Waals surface area (Å²) in [6.45, 7) is 4.66. The number of aromatic nitrogens is 3. The zero-order chi connectivity index (χ0) is 21.5. The van der Waals surface area contributed by atoms with Crippen molar-refractivity contribution in [3.8, 4) is 0 Å². The second-order valence-corrected chi connectivity index (χ2v) is 8.48. The Hall–Kier alpha value is -2.42.